The third-order valence-corrected chi connectivity index (χ3v) is 4.43. The van der Waals surface area contributed by atoms with Gasteiger partial charge in [-0.25, -0.2) is 0 Å². The number of halogens is 2. The first kappa shape index (κ1) is 13.9. The highest BCUT2D eigenvalue weighted by molar-refractivity contribution is 6.43. The van der Waals surface area contributed by atoms with E-state index >= 15 is 0 Å². The predicted molar refractivity (Wildman–Crippen MR) is 75.4 cm³/mol. The maximum atomic E-state index is 12.3. The number of hydrogen-bond donors (Lipinski definition) is 1. The summed E-state index contributed by atoms with van der Waals surface area (Å²) in [7, 11) is 0. The van der Waals surface area contributed by atoms with E-state index in [9.17, 15) is 4.79 Å². The van der Waals surface area contributed by atoms with Crippen molar-refractivity contribution in [3.63, 3.8) is 0 Å². The molecule has 0 radical (unpaired) electrons. The molecule has 2 rings (SSSR count). The highest BCUT2D eigenvalue weighted by atomic mass is 35.5. The number of nitrogens with two attached hydrogens (primary N) is 1. The van der Waals surface area contributed by atoms with Crippen molar-refractivity contribution in [2.75, 3.05) is 0 Å². The van der Waals surface area contributed by atoms with E-state index in [0.717, 1.165) is 25.7 Å². The number of Topliss-reactive ketones (excluding diaryl/α,β-unsaturated/α-hetero) is 1. The van der Waals surface area contributed by atoms with Gasteiger partial charge in [-0.15, -0.1) is 0 Å². The Labute approximate surface area is 117 Å². The second-order valence-electron chi connectivity index (χ2n) is 5.12. The molecule has 0 atom stereocenters. The molecule has 0 aliphatic heterocycles. The molecule has 2 N–H and O–H groups in total. The van der Waals surface area contributed by atoms with Crippen LogP contribution in [0.2, 0.25) is 10.0 Å². The van der Waals surface area contributed by atoms with E-state index in [-0.39, 0.29) is 11.3 Å². The van der Waals surface area contributed by atoms with E-state index in [1.165, 1.54) is 6.42 Å². The molecule has 1 aromatic carbocycles. The zero-order valence-electron chi connectivity index (χ0n) is 10.2. The van der Waals surface area contributed by atoms with Gasteiger partial charge >= 0.3 is 0 Å². The molecule has 0 aromatic heterocycles. The number of hydrogen-bond acceptors (Lipinski definition) is 2. The minimum Gasteiger partial charge on any atom is -0.325 e. The molecule has 1 fully saturated rings. The summed E-state index contributed by atoms with van der Waals surface area (Å²) in [5, 5.41) is 0.751. The minimum atomic E-state index is -0.360. The Morgan fingerprint density at radius 1 is 1.22 bits per heavy atom. The number of benzene rings is 1. The summed E-state index contributed by atoms with van der Waals surface area (Å²) in [6.45, 7) is 0. The van der Waals surface area contributed by atoms with Crippen LogP contribution in [0.25, 0.3) is 0 Å². The number of ketones is 1. The third-order valence-electron chi connectivity index (χ3n) is 3.61. The van der Waals surface area contributed by atoms with Crippen LogP contribution >= 0.6 is 23.2 Å². The Morgan fingerprint density at radius 3 is 2.56 bits per heavy atom. The van der Waals surface area contributed by atoms with Gasteiger partial charge in [-0.3, -0.25) is 4.79 Å². The minimum absolute atomic E-state index is 0.00750. The molecule has 0 heterocycles. The molecule has 1 saturated carbocycles. The number of carbonyl (C=O) groups is 1. The fourth-order valence-electron chi connectivity index (χ4n) is 2.57. The topological polar surface area (TPSA) is 43.1 Å². The average molecular weight is 286 g/mol. The summed E-state index contributed by atoms with van der Waals surface area (Å²) in [4.78, 5) is 12.3. The maximum Gasteiger partial charge on any atom is 0.166 e. The van der Waals surface area contributed by atoms with Crippen molar-refractivity contribution in [2.24, 2.45) is 5.73 Å². The molecule has 4 heteroatoms. The second-order valence-corrected chi connectivity index (χ2v) is 5.91. The Bertz CT molecular complexity index is 453. The van der Waals surface area contributed by atoms with E-state index in [2.05, 4.69) is 0 Å². The summed E-state index contributed by atoms with van der Waals surface area (Å²) in [5.74, 6) is -0.00750. The molecule has 1 aromatic rings. The SMILES string of the molecule is NC1(CC(=O)c2cccc(Cl)c2Cl)CCCCC1. The van der Waals surface area contributed by atoms with Gasteiger partial charge in [0.15, 0.2) is 5.78 Å². The second kappa shape index (κ2) is 5.60. The Balaban J connectivity index is 2.14. The van der Waals surface area contributed by atoms with Gasteiger partial charge in [0.2, 0.25) is 0 Å². The molecular formula is C14H17Cl2NO. The molecule has 0 saturated heterocycles. The van der Waals surface area contributed by atoms with E-state index in [1.807, 2.05) is 0 Å². The van der Waals surface area contributed by atoms with Crippen LogP contribution in [0.1, 0.15) is 48.9 Å². The lowest BCUT2D eigenvalue weighted by atomic mass is 9.78. The molecule has 0 unspecified atom stereocenters. The Hall–Kier alpha value is -0.570. The standard InChI is InChI=1S/C14H17Cl2NO/c15-11-6-4-5-10(13(11)16)12(18)9-14(17)7-2-1-3-8-14/h4-6H,1-3,7-9,17H2. The molecule has 0 spiro atoms. The van der Waals surface area contributed by atoms with Gasteiger partial charge in [0.1, 0.15) is 0 Å². The molecule has 0 bridgehead atoms. The lowest BCUT2D eigenvalue weighted by Gasteiger charge is -2.32. The van der Waals surface area contributed by atoms with Crippen LogP contribution in [0.5, 0.6) is 0 Å². The van der Waals surface area contributed by atoms with Gasteiger partial charge in [0.05, 0.1) is 10.0 Å². The van der Waals surface area contributed by atoms with Gasteiger partial charge < -0.3 is 5.73 Å². The summed E-state index contributed by atoms with van der Waals surface area (Å²) in [6, 6.07) is 5.13. The maximum absolute atomic E-state index is 12.3. The molecule has 1 aliphatic carbocycles. The average Bonchev–Trinajstić information content (AvgIpc) is 2.33. The van der Waals surface area contributed by atoms with Gasteiger partial charge in [0.25, 0.3) is 0 Å². The number of carbonyl (C=O) groups excluding carboxylic acids is 1. The Kier molecular flexibility index (Phi) is 4.31. The van der Waals surface area contributed by atoms with E-state index in [4.69, 9.17) is 28.9 Å². The number of rotatable bonds is 3. The fourth-order valence-corrected chi connectivity index (χ4v) is 2.97. The van der Waals surface area contributed by atoms with Gasteiger partial charge in [-0.05, 0) is 25.0 Å². The van der Waals surface area contributed by atoms with Gasteiger partial charge in [-0.1, -0.05) is 48.5 Å². The van der Waals surface area contributed by atoms with Crippen molar-refractivity contribution in [2.45, 2.75) is 44.1 Å². The lowest BCUT2D eigenvalue weighted by molar-refractivity contribution is 0.0935. The van der Waals surface area contributed by atoms with Crippen LogP contribution in [0.15, 0.2) is 18.2 Å². The van der Waals surface area contributed by atoms with Crippen molar-refractivity contribution in [3.05, 3.63) is 33.8 Å². The summed E-state index contributed by atoms with van der Waals surface area (Å²) in [6.07, 6.45) is 5.60. The molecular weight excluding hydrogens is 269 g/mol. The highest BCUT2D eigenvalue weighted by Crippen LogP contribution is 2.32. The lowest BCUT2D eigenvalue weighted by Crippen LogP contribution is -2.43. The summed E-state index contributed by atoms with van der Waals surface area (Å²) in [5.41, 5.74) is 6.41. The largest absolute Gasteiger partial charge is 0.325 e. The first-order valence-electron chi connectivity index (χ1n) is 6.28. The predicted octanol–water partition coefficient (Wildman–Crippen LogP) is 4.23. The molecule has 2 nitrogen and oxygen atoms in total. The summed E-state index contributed by atoms with van der Waals surface area (Å²) >= 11 is 12.0. The van der Waals surface area contributed by atoms with Crippen molar-refractivity contribution in [1.29, 1.82) is 0 Å². The molecule has 18 heavy (non-hydrogen) atoms. The van der Waals surface area contributed by atoms with E-state index in [1.54, 1.807) is 18.2 Å². The molecule has 98 valence electrons. The first-order chi connectivity index (χ1) is 8.52. The molecule has 1 aliphatic rings. The smallest absolute Gasteiger partial charge is 0.166 e. The molecule has 0 amide bonds. The van der Waals surface area contributed by atoms with Crippen molar-refractivity contribution in [3.8, 4) is 0 Å². The van der Waals surface area contributed by atoms with Crippen molar-refractivity contribution in [1.82, 2.24) is 0 Å². The zero-order chi connectivity index (χ0) is 13.2. The first-order valence-corrected chi connectivity index (χ1v) is 7.03. The quantitative estimate of drug-likeness (QED) is 0.845. The van der Waals surface area contributed by atoms with E-state index in [0.29, 0.717) is 22.0 Å². The van der Waals surface area contributed by atoms with Crippen molar-refractivity contribution < 1.29 is 4.79 Å². The normalized spacial score (nSPS) is 18.6. The van der Waals surface area contributed by atoms with Gasteiger partial charge in [0, 0.05) is 17.5 Å². The van der Waals surface area contributed by atoms with Gasteiger partial charge in [-0.2, -0.15) is 0 Å². The zero-order valence-corrected chi connectivity index (χ0v) is 11.7. The highest BCUT2D eigenvalue weighted by Gasteiger charge is 2.31. The Morgan fingerprint density at radius 2 is 1.89 bits per heavy atom. The summed E-state index contributed by atoms with van der Waals surface area (Å²) < 4.78 is 0. The van der Waals surface area contributed by atoms with Crippen molar-refractivity contribution >= 4 is 29.0 Å². The third kappa shape index (κ3) is 3.05. The van der Waals surface area contributed by atoms with Crippen LogP contribution in [-0.2, 0) is 0 Å². The van der Waals surface area contributed by atoms with Crippen LogP contribution < -0.4 is 5.73 Å². The monoisotopic (exact) mass is 285 g/mol. The van der Waals surface area contributed by atoms with Crippen LogP contribution in [-0.4, -0.2) is 11.3 Å². The van der Waals surface area contributed by atoms with Crippen LogP contribution in [0.4, 0.5) is 0 Å². The van der Waals surface area contributed by atoms with Crippen LogP contribution in [0, 0.1) is 0 Å². The fraction of sp³-hybridized carbons (Fsp3) is 0.500. The van der Waals surface area contributed by atoms with E-state index < -0.39 is 0 Å². The van der Waals surface area contributed by atoms with Crippen LogP contribution in [0.3, 0.4) is 0 Å².